The van der Waals surface area contributed by atoms with Gasteiger partial charge in [-0.1, -0.05) is 54.6 Å². The monoisotopic (exact) mass is 250 g/mol. The van der Waals surface area contributed by atoms with Gasteiger partial charge in [0.1, 0.15) is 0 Å². The summed E-state index contributed by atoms with van der Waals surface area (Å²) in [4.78, 5) is 4.45. The lowest BCUT2D eigenvalue weighted by atomic mass is 9.99. The highest BCUT2D eigenvalue weighted by molar-refractivity contribution is 5.78. The molecule has 0 aliphatic rings. The number of fused-ring (bicyclic) bond motifs is 1. The van der Waals surface area contributed by atoms with Crippen molar-refractivity contribution in [1.82, 2.24) is 4.98 Å². The van der Waals surface area contributed by atoms with Crippen LogP contribution in [0.25, 0.3) is 10.9 Å². The van der Waals surface area contributed by atoms with Crippen LogP contribution in [0.3, 0.4) is 0 Å². The first-order chi connectivity index (χ1) is 9.18. The van der Waals surface area contributed by atoms with Crippen molar-refractivity contribution in [2.45, 2.75) is 5.72 Å². The Bertz CT molecular complexity index is 708. The van der Waals surface area contributed by atoms with Gasteiger partial charge in [-0.25, -0.2) is 4.98 Å². The molecule has 3 N–H and O–H groups in total. The molecule has 0 fully saturated rings. The first-order valence-corrected chi connectivity index (χ1v) is 6.11. The first kappa shape index (κ1) is 11.8. The fourth-order valence-corrected chi connectivity index (χ4v) is 2.12. The summed E-state index contributed by atoms with van der Waals surface area (Å²) in [6.07, 6.45) is 0. The van der Waals surface area contributed by atoms with Crippen LogP contribution < -0.4 is 5.73 Å². The highest BCUT2D eigenvalue weighted by Gasteiger charge is 2.27. The molecule has 2 aromatic carbocycles. The van der Waals surface area contributed by atoms with Gasteiger partial charge < -0.3 is 5.11 Å². The molecule has 0 aliphatic carbocycles. The van der Waals surface area contributed by atoms with E-state index < -0.39 is 5.72 Å². The minimum absolute atomic E-state index is 0.442. The zero-order valence-electron chi connectivity index (χ0n) is 10.3. The summed E-state index contributed by atoms with van der Waals surface area (Å²) in [7, 11) is 0. The van der Waals surface area contributed by atoms with Crippen molar-refractivity contribution < 1.29 is 5.11 Å². The molecule has 0 radical (unpaired) electrons. The van der Waals surface area contributed by atoms with Crippen molar-refractivity contribution in [2.24, 2.45) is 5.73 Å². The summed E-state index contributed by atoms with van der Waals surface area (Å²) in [6.45, 7) is 0. The highest BCUT2D eigenvalue weighted by Crippen LogP contribution is 2.24. The molecule has 1 heterocycles. The number of rotatable bonds is 2. The van der Waals surface area contributed by atoms with Gasteiger partial charge >= 0.3 is 0 Å². The largest absolute Gasteiger partial charge is 0.366 e. The molecule has 1 unspecified atom stereocenters. The Labute approximate surface area is 111 Å². The van der Waals surface area contributed by atoms with Crippen LogP contribution in [0.15, 0.2) is 66.7 Å². The van der Waals surface area contributed by atoms with Crippen molar-refractivity contribution in [3.63, 3.8) is 0 Å². The summed E-state index contributed by atoms with van der Waals surface area (Å²) in [5.74, 6) is 0. The minimum atomic E-state index is -1.58. The van der Waals surface area contributed by atoms with Crippen molar-refractivity contribution >= 4 is 10.9 Å². The van der Waals surface area contributed by atoms with Crippen LogP contribution in [0.5, 0.6) is 0 Å². The minimum Gasteiger partial charge on any atom is -0.366 e. The quantitative estimate of drug-likeness (QED) is 0.686. The second-order valence-electron chi connectivity index (χ2n) is 4.52. The Morgan fingerprint density at radius 2 is 1.53 bits per heavy atom. The van der Waals surface area contributed by atoms with Gasteiger partial charge in [0.05, 0.1) is 11.2 Å². The van der Waals surface area contributed by atoms with Crippen LogP contribution >= 0.6 is 0 Å². The summed E-state index contributed by atoms with van der Waals surface area (Å²) < 4.78 is 0. The maximum Gasteiger partial charge on any atom is 0.183 e. The lowest BCUT2D eigenvalue weighted by Gasteiger charge is -2.23. The topological polar surface area (TPSA) is 59.1 Å². The smallest absolute Gasteiger partial charge is 0.183 e. The number of aromatic nitrogens is 1. The molecular weight excluding hydrogens is 236 g/mol. The third-order valence-electron chi connectivity index (χ3n) is 3.20. The Hall–Kier alpha value is -2.23. The fraction of sp³-hybridized carbons (Fsp3) is 0.0625. The SMILES string of the molecule is NC(O)(c1ccccc1)c1ccc2ccccc2n1. The standard InChI is InChI=1S/C16H14N2O/c17-16(19,13-7-2-1-3-8-13)15-11-10-12-6-4-5-9-14(12)18-15/h1-11,19H,17H2. The average Bonchev–Trinajstić information content (AvgIpc) is 2.47. The van der Waals surface area contributed by atoms with Gasteiger partial charge in [-0.15, -0.1) is 0 Å². The highest BCUT2D eigenvalue weighted by atomic mass is 16.3. The Balaban J connectivity index is 2.13. The van der Waals surface area contributed by atoms with E-state index in [1.165, 1.54) is 0 Å². The molecule has 0 saturated heterocycles. The summed E-state index contributed by atoms with van der Waals surface area (Å²) >= 11 is 0. The molecule has 1 atom stereocenters. The zero-order chi connectivity index (χ0) is 13.3. The van der Waals surface area contributed by atoms with E-state index in [9.17, 15) is 5.11 Å². The van der Waals surface area contributed by atoms with Crippen molar-refractivity contribution in [3.05, 3.63) is 78.0 Å². The molecule has 94 valence electrons. The van der Waals surface area contributed by atoms with Gasteiger partial charge in [0, 0.05) is 10.9 Å². The van der Waals surface area contributed by atoms with Gasteiger partial charge in [0.15, 0.2) is 5.72 Å². The predicted molar refractivity (Wildman–Crippen MR) is 75.4 cm³/mol. The maximum absolute atomic E-state index is 10.5. The lowest BCUT2D eigenvalue weighted by molar-refractivity contribution is 0.0840. The Kier molecular flexibility index (Phi) is 2.78. The van der Waals surface area contributed by atoms with Crippen LogP contribution in [0, 0.1) is 0 Å². The van der Waals surface area contributed by atoms with Crippen LogP contribution in [-0.2, 0) is 5.72 Å². The maximum atomic E-state index is 10.5. The third-order valence-corrected chi connectivity index (χ3v) is 3.20. The fourth-order valence-electron chi connectivity index (χ4n) is 2.12. The Morgan fingerprint density at radius 3 is 2.32 bits per heavy atom. The molecule has 3 nitrogen and oxygen atoms in total. The third kappa shape index (κ3) is 2.10. The number of nitrogens with zero attached hydrogens (tertiary/aromatic N) is 1. The number of para-hydroxylation sites is 1. The summed E-state index contributed by atoms with van der Waals surface area (Å²) in [6, 6.07) is 20.6. The molecule has 0 amide bonds. The number of aliphatic hydroxyl groups is 1. The number of hydrogen-bond acceptors (Lipinski definition) is 3. The van der Waals surface area contributed by atoms with E-state index in [4.69, 9.17) is 5.73 Å². The average molecular weight is 250 g/mol. The second-order valence-corrected chi connectivity index (χ2v) is 4.52. The van der Waals surface area contributed by atoms with Crippen LogP contribution in [0.1, 0.15) is 11.3 Å². The van der Waals surface area contributed by atoms with E-state index in [1.54, 1.807) is 18.2 Å². The van der Waals surface area contributed by atoms with Crippen LogP contribution in [0.4, 0.5) is 0 Å². The lowest BCUT2D eigenvalue weighted by Crippen LogP contribution is -2.38. The van der Waals surface area contributed by atoms with Crippen LogP contribution in [0.2, 0.25) is 0 Å². The number of nitrogens with two attached hydrogens (primary N) is 1. The number of pyridine rings is 1. The van der Waals surface area contributed by atoms with Crippen LogP contribution in [-0.4, -0.2) is 10.1 Å². The first-order valence-electron chi connectivity index (χ1n) is 6.11. The number of benzene rings is 2. The normalized spacial score (nSPS) is 14.2. The molecule has 0 saturated carbocycles. The van der Waals surface area contributed by atoms with E-state index in [0.717, 1.165) is 10.9 Å². The molecule has 3 aromatic rings. The summed E-state index contributed by atoms with van der Waals surface area (Å²) in [5, 5.41) is 11.6. The van der Waals surface area contributed by atoms with Gasteiger partial charge in [0.25, 0.3) is 0 Å². The molecule has 0 aliphatic heterocycles. The summed E-state index contributed by atoms with van der Waals surface area (Å²) in [5.41, 5.74) is 6.35. The molecule has 3 rings (SSSR count). The Morgan fingerprint density at radius 1 is 0.842 bits per heavy atom. The molecule has 19 heavy (non-hydrogen) atoms. The molecule has 3 heteroatoms. The van der Waals surface area contributed by atoms with Gasteiger partial charge in [-0.2, -0.15) is 0 Å². The zero-order valence-corrected chi connectivity index (χ0v) is 10.3. The van der Waals surface area contributed by atoms with Crippen molar-refractivity contribution in [2.75, 3.05) is 0 Å². The molecule has 0 spiro atoms. The van der Waals surface area contributed by atoms with Gasteiger partial charge in [0.2, 0.25) is 0 Å². The van der Waals surface area contributed by atoms with E-state index in [-0.39, 0.29) is 0 Å². The van der Waals surface area contributed by atoms with E-state index >= 15 is 0 Å². The molecular formula is C16H14N2O. The predicted octanol–water partition coefficient (Wildman–Crippen LogP) is 2.39. The second kappa shape index (κ2) is 4.46. The molecule has 1 aromatic heterocycles. The van der Waals surface area contributed by atoms with Gasteiger partial charge in [-0.05, 0) is 12.1 Å². The van der Waals surface area contributed by atoms with E-state index in [0.29, 0.717) is 11.3 Å². The molecule has 0 bridgehead atoms. The van der Waals surface area contributed by atoms with Crippen molar-refractivity contribution in [3.8, 4) is 0 Å². The van der Waals surface area contributed by atoms with Crippen molar-refractivity contribution in [1.29, 1.82) is 0 Å². The number of hydrogen-bond donors (Lipinski definition) is 2. The van der Waals surface area contributed by atoms with Gasteiger partial charge in [-0.3, -0.25) is 5.73 Å². The van der Waals surface area contributed by atoms with E-state index in [1.807, 2.05) is 48.5 Å². The van der Waals surface area contributed by atoms with E-state index in [2.05, 4.69) is 4.98 Å².